The number of hydrogen-bond donors (Lipinski definition) is 2. The van der Waals surface area contributed by atoms with E-state index in [-0.39, 0.29) is 12.5 Å². The zero-order chi connectivity index (χ0) is 12.8. The highest BCUT2D eigenvalue weighted by molar-refractivity contribution is 5.80. The number of nitrogens with one attached hydrogen (secondary N) is 2. The predicted octanol–water partition coefficient (Wildman–Crippen LogP) is 2.32. The van der Waals surface area contributed by atoms with Crippen LogP contribution in [0.2, 0.25) is 0 Å². The molecule has 0 aliphatic heterocycles. The molecule has 1 amide bonds. The van der Waals surface area contributed by atoms with E-state index in [0.29, 0.717) is 6.54 Å². The van der Waals surface area contributed by atoms with Crippen LogP contribution in [0.5, 0.6) is 0 Å². The highest BCUT2D eigenvalue weighted by atomic mass is 16.3. The predicted molar refractivity (Wildman–Crippen MR) is 70.2 cm³/mol. The summed E-state index contributed by atoms with van der Waals surface area (Å²) in [6.45, 7) is 2.70. The molecule has 1 heterocycles. The topological polar surface area (TPSA) is 54.3 Å². The molecule has 2 aromatic rings. The van der Waals surface area contributed by atoms with Crippen molar-refractivity contribution in [2.75, 3.05) is 11.9 Å². The third kappa shape index (κ3) is 3.66. The van der Waals surface area contributed by atoms with Crippen molar-refractivity contribution in [2.45, 2.75) is 13.5 Å². The Morgan fingerprint density at radius 1 is 1.22 bits per heavy atom. The Bertz CT molecular complexity index is 489. The van der Waals surface area contributed by atoms with Gasteiger partial charge in [-0.2, -0.15) is 0 Å². The Labute approximate surface area is 106 Å². The lowest BCUT2D eigenvalue weighted by atomic mass is 10.2. The van der Waals surface area contributed by atoms with E-state index in [1.54, 1.807) is 12.3 Å². The zero-order valence-electron chi connectivity index (χ0n) is 10.3. The summed E-state index contributed by atoms with van der Waals surface area (Å²) in [4.78, 5) is 11.6. The van der Waals surface area contributed by atoms with Gasteiger partial charge in [-0.25, -0.2) is 0 Å². The smallest absolute Gasteiger partial charge is 0.239 e. The molecule has 0 saturated carbocycles. The zero-order valence-corrected chi connectivity index (χ0v) is 10.3. The molecule has 4 nitrogen and oxygen atoms in total. The molecule has 1 aromatic heterocycles. The molecule has 2 rings (SSSR count). The van der Waals surface area contributed by atoms with Crippen LogP contribution in [0.1, 0.15) is 11.3 Å². The van der Waals surface area contributed by atoms with Crippen molar-refractivity contribution in [3.63, 3.8) is 0 Å². The number of anilines is 1. The number of rotatable bonds is 5. The molecule has 0 fully saturated rings. The van der Waals surface area contributed by atoms with E-state index in [9.17, 15) is 4.79 Å². The van der Waals surface area contributed by atoms with E-state index < -0.39 is 0 Å². The standard InChI is InChI=1S/C14H16N2O2/c1-11-4-6-12(7-5-11)15-10-14(17)16-9-13-3-2-8-18-13/h2-8,15H,9-10H2,1H3,(H,16,17). The van der Waals surface area contributed by atoms with Crippen LogP contribution in [0, 0.1) is 6.92 Å². The summed E-state index contributed by atoms with van der Waals surface area (Å²) in [5, 5.41) is 5.83. The first-order chi connectivity index (χ1) is 8.74. The summed E-state index contributed by atoms with van der Waals surface area (Å²) in [5.41, 5.74) is 2.14. The maximum absolute atomic E-state index is 11.6. The molecule has 0 bridgehead atoms. The average molecular weight is 244 g/mol. The first-order valence-corrected chi connectivity index (χ1v) is 5.83. The van der Waals surface area contributed by atoms with Crippen molar-refractivity contribution in [1.29, 1.82) is 0 Å². The second kappa shape index (κ2) is 5.91. The molecule has 1 aromatic carbocycles. The van der Waals surface area contributed by atoms with Gasteiger partial charge in [-0.3, -0.25) is 4.79 Å². The van der Waals surface area contributed by atoms with Gasteiger partial charge in [0.15, 0.2) is 0 Å². The first kappa shape index (κ1) is 12.2. The van der Waals surface area contributed by atoms with E-state index in [0.717, 1.165) is 11.4 Å². The van der Waals surface area contributed by atoms with Crippen molar-refractivity contribution >= 4 is 11.6 Å². The summed E-state index contributed by atoms with van der Waals surface area (Å²) in [6.07, 6.45) is 1.59. The van der Waals surface area contributed by atoms with Gasteiger partial charge < -0.3 is 15.1 Å². The Morgan fingerprint density at radius 3 is 2.67 bits per heavy atom. The number of benzene rings is 1. The van der Waals surface area contributed by atoms with Crippen molar-refractivity contribution < 1.29 is 9.21 Å². The van der Waals surface area contributed by atoms with Crippen molar-refractivity contribution in [3.05, 3.63) is 54.0 Å². The fourth-order valence-corrected chi connectivity index (χ4v) is 1.52. The Kier molecular flexibility index (Phi) is 4.02. The molecule has 0 aliphatic rings. The lowest BCUT2D eigenvalue weighted by molar-refractivity contribution is -0.119. The molecule has 0 atom stereocenters. The van der Waals surface area contributed by atoms with Crippen LogP contribution in [0.3, 0.4) is 0 Å². The van der Waals surface area contributed by atoms with Gasteiger partial charge >= 0.3 is 0 Å². The minimum absolute atomic E-state index is 0.0630. The Balaban J connectivity index is 1.73. The minimum atomic E-state index is -0.0630. The molecule has 4 heteroatoms. The second-order valence-corrected chi connectivity index (χ2v) is 4.08. The fraction of sp³-hybridized carbons (Fsp3) is 0.214. The largest absolute Gasteiger partial charge is 0.467 e. The van der Waals surface area contributed by atoms with Gasteiger partial charge in [-0.1, -0.05) is 17.7 Å². The van der Waals surface area contributed by atoms with Crippen LogP contribution in [0.15, 0.2) is 47.1 Å². The third-order valence-electron chi connectivity index (χ3n) is 2.54. The van der Waals surface area contributed by atoms with Gasteiger partial charge in [0, 0.05) is 5.69 Å². The van der Waals surface area contributed by atoms with Gasteiger partial charge in [0.05, 0.1) is 19.4 Å². The van der Waals surface area contributed by atoms with Crippen LogP contribution >= 0.6 is 0 Å². The van der Waals surface area contributed by atoms with E-state index in [2.05, 4.69) is 10.6 Å². The summed E-state index contributed by atoms with van der Waals surface area (Å²) in [5.74, 6) is 0.686. The van der Waals surface area contributed by atoms with E-state index in [4.69, 9.17) is 4.42 Å². The third-order valence-corrected chi connectivity index (χ3v) is 2.54. The number of amides is 1. The SMILES string of the molecule is Cc1ccc(NCC(=O)NCc2ccco2)cc1. The summed E-state index contributed by atoms with van der Waals surface area (Å²) >= 11 is 0. The highest BCUT2D eigenvalue weighted by Gasteiger charge is 2.02. The lowest BCUT2D eigenvalue weighted by Crippen LogP contribution is -2.29. The maximum atomic E-state index is 11.6. The minimum Gasteiger partial charge on any atom is -0.467 e. The number of aryl methyl sites for hydroxylation is 1. The molecule has 0 saturated heterocycles. The summed E-state index contributed by atoms with van der Waals surface area (Å²) < 4.78 is 5.12. The molecule has 0 unspecified atom stereocenters. The Morgan fingerprint density at radius 2 is 2.00 bits per heavy atom. The molecule has 18 heavy (non-hydrogen) atoms. The normalized spacial score (nSPS) is 10.1. The van der Waals surface area contributed by atoms with Crippen LogP contribution in [-0.2, 0) is 11.3 Å². The van der Waals surface area contributed by atoms with Gasteiger partial charge in [-0.05, 0) is 31.2 Å². The monoisotopic (exact) mass is 244 g/mol. The van der Waals surface area contributed by atoms with Crippen LogP contribution < -0.4 is 10.6 Å². The van der Waals surface area contributed by atoms with Gasteiger partial charge in [0.2, 0.25) is 5.91 Å². The Hall–Kier alpha value is -2.23. The maximum Gasteiger partial charge on any atom is 0.239 e. The van der Waals surface area contributed by atoms with E-state index in [1.807, 2.05) is 37.3 Å². The van der Waals surface area contributed by atoms with Crippen molar-refractivity contribution in [2.24, 2.45) is 0 Å². The molecule has 2 N–H and O–H groups in total. The highest BCUT2D eigenvalue weighted by Crippen LogP contribution is 2.07. The average Bonchev–Trinajstić information content (AvgIpc) is 2.89. The van der Waals surface area contributed by atoms with Crippen LogP contribution in [-0.4, -0.2) is 12.5 Å². The number of furan rings is 1. The molecule has 94 valence electrons. The quantitative estimate of drug-likeness (QED) is 0.848. The number of hydrogen-bond acceptors (Lipinski definition) is 3. The van der Waals surface area contributed by atoms with E-state index in [1.165, 1.54) is 5.56 Å². The number of carbonyl (C=O) groups excluding carboxylic acids is 1. The molecular formula is C14H16N2O2. The van der Waals surface area contributed by atoms with Crippen LogP contribution in [0.4, 0.5) is 5.69 Å². The first-order valence-electron chi connectivity index (χ1n) is 5.83. The molecular weight excluding hydrogens is 228 g/mol. The fourth-order valence-electron chi connectivity index (χ4n) is 1.52. The lowest BCUT2D eigenvalue weighted by Gasteiger charge is -2.07. The summed E-state index contributed by atoms with van der Waals surface area (Å²) in [6, 6.07) is 11.5. The van der Waals surface area contributed by atoms with Gasteiger partial charge in [-0.15, -0.1) is 0 Å². The van der Waals surface area contributed by atoms with Crippen LogP contribution in [0.25, 0.3) is 0 Å². The molecule has 0 radical (unpaired) electrons. The number of carbonyl (C=O) groups is 1. The van der Waals surface area contributed by atoms with Crippen molar-refractivity contribution in [1.82, 2.24) is 5.32 Å². The van der Waals surface area contributed by atoms with E-state index >= 15 is 0 Å². The van der Waals surface area contributed by atoms with Crippen molar-refractivity contribution in [3.8, 4) is 0 Å². The summed E-state index contributed by atoms with van der Waals surface area (Å²) in [7, 11) is 0. The molecule has 0 aliphatic carbocycles. The molecule has 0 spiro atoms. The second-order valence-electron chi connectivity index (χ2n) is 4.08. The van der Waals surface area contributed by atoms with Gasteiger partial charge in [0.25, 0.3) is 0 Å². The van der Waals surface area contributed by atoms with Gasteiger partial charge in [0.1, 0.15) is 5.76 Å².